The van der Waals surface area contributed by atoms with Gasteiger partial charge in [-0.05, 0) is 73.4 Å². The minimum atomic E-state index is -4.17. The SMILES string of the molecule is CC(C)(CN)CN(C(=N)N1CCC(Cc2ccccc2)CC1)c1ccc(OCCCC(F)(F)F)cc1. The molecule has 0 aromatic heterocycles. The maximum atomic E-state index is 12.3. The van der Waals surface area contributed by atoms with Crippen LogP contribution in [-0.2, 0) is 6.42 Å². The second-order valence-electron chi connectivity index (χ2n) is 10.5. The molecule has 1 aliphatic rings. The summed E-state index contributed by atoms with van der Waals surface area (Å²) in [6.45, 7) is 6.90. The van der Waals surface area contributed by atoms with Crippen LogP contribution in [0.2, 0.25) is 0 Å². The number of piperidine rings is 1. The lowest BCUT2D eigenvalue weighted by Gasteiger charge is -2.40. The Morgan fingerprint density at radius 2 is 1.69 bits per heavy atom. The molecule has 1 aliphatic heterocycles. The number of hydrogen-bond acceptors (Lipinski definition) is 3. The molecule has 1 saturated heterocycles. The Morgan fingerprint density at radius 1 is 1.06 bits per heavy atom. The van der Waals surface area contributed by atoms with E-state index in [0.29, 0.717) is 30.7 Å². The van der Waals surface area contributed by atoms with Crippen LogP contribution in [0.15, 0.2) is 54.6 Å². The first kappa shape index (κ1) is 27.8. The van der Waals surface area contributed by atoms with Crippen molar-refractivity contribution >= 4 is 11.6 Å². The molecule has 198 valence electrons. The van der Waals surface area contributed by atoms with Crippen LogP contribution >= 0.6 is 0 Å². The molecule has 2 aromatic rings. The lowest BCUT2D eigenvalue weighted by Crippen LogP contribution is -2.51. The van der Waals surface area contributed by atoms with Crippen LogP contribution in [-0.4, -0.2) is 49.8 Å². The molecule has 36 heavy (non-hydrogen) atoms. The van der Waals surface area contributed by atoms with Crippen LogP contribution < -0.4 is 15.4 Å². The van der Waals surface area contributed by atoms with Crippen molar-refractivity contribution in [2.75, 3.05) is 37.7 Å². The van der Waals surface area contributed by atoms with Crippen molar-refractivity contribution in [2.24, 2.45) is 17.1 Å². The highest BCUT2D eigenvalue weighted by Gasteiger charge is 2.29. The fourth-order valence-electron chi connectivity index (χ4n) is 4.43. The van der Waals surface area contributed by atoms with Crippen molar-refractivity contribution in [2.45, 2.75) is 52.1 Å². The molecule has 0 unspecified atom stereocenters. The Kier molecular flexibility index (Phi) is 9.65. The van der Waals surface area contributed by atoms with Gasteiger partial charge in [0.15, 0.2) is 5.96 Å². The number of guanidine groups is 1. The minimum Gasteiger partial charge on any atom is -0.494 e. The average Bonchev–Trinajstić information content (AvgIpc) is 2.86. The van der Waals surface area contributed by atoms with Crippen LogP contribution in [0.5, 0.6) is 5.75 Å². The van der Waals surface area contributed by atoms with Gasteiger partial charge in [0.05, 0.1) is 6.61 Å². The molecule has 0 amide bonds. The molecule has 0 spiro atoms. The highest BCUT2D eigenvalue weighted by atomic mass is 19.4. The fourth-order valence-corrected chi connectivity index (χ4v) is 4.43. The molecule has 0 saturated carbocycles. The van der Waals surface area contributed by atoms with Gasteiger partial charge >= 0.3 is 6.18 Å². The van der Waals surface area contributed by atoms with E-state index in [0.717, 1.165) is 38.0 Å². The zero-order valence-corrected chi connectivity index (χ0v) is 21.4. The summed E-state index contributed by atoms with van der Waals surface area (Å²) in [7, 11) is 0. The largest absolute Gasteiger partial charge is 0.494 e. The zero-order valence-electron chi connectivity index (χ0n) is 21.4. The Balaban J connectivity index is 1.62. The summed E-state index contributed by atoms with van der Waals surface area (Å²) in [6, 6.07) is 17.8. The normalized spacial score (nSPS) is 15.1. The van der Waals surface area contributed by atoms with Crippen molar-refractivity contribution in [1.29, 1.82) is 5.41 Å². The zero-order chi connectivity index (χ0) is 26.2. The number of nitrogens with two attached hydrogens (primary N) is 1. The molecule has 0 bridgehead atoms. The Labute approximate surface area is 212 Å². The van der Waals surface area contributed by atoms with Gasteiger partial charge in [0.1, 0.15) is 5.75 Å². The van der Waals surface area contributed by atoms with E-state index in [2.05, 4.69) is 43.0 Å². The standard InChI is InChI=1S/C28H39F3N4O/c1-27(2,20-32)21-35(24-9-11-25(12-10-24)36-18-6-15-28(29,30)31)26(33)34-16-13-23(14-17-34)19-22-7-4-3-5-8-22/h3-5,7-12,23,33H,6,13-21,32H2,1-2H3. The molecule has 5 nitrogen and oxygen atoms in total. The molecule has 0 radical (unpaired) electrons. The smallest absolute Gasteiger partial charge is 0.389 e. The predicted molar refractivity (Wildman–Crippen MR) is 140 cm³/mol. The maximum Gasteiger partial charge on any atom is 0.389 e. The molecule has 0 aliphatic carbocycles. The Bertz CT molecular complexity index is 940. The van der Waals surface area contributed by atoms with Gasteiger partial charge in [0.25, 0.3) is 0 Å². The Morgan fingerprint density at radius 3 is 2.28 bits per heavy atom. The van der Waals surface area contributed by atoms with Crippen LogP contribution in [0.3, 0.4) is 0 Å². The highest BCUT2D eigenvalue weighted by Crippen LogP contribution is 2.28. The molecule has 2 aromatic carbocycles. The fraction of sp³-hybridized carbons (Fsp3) is 0.536. The highest BCUT2D eigenvalue weighted by molar-refractivity contribution is 5.94. The lowest BCUT2D eigenvalue weighted by molar-refractivity contribution is -0.136. The van der Waals surface area contributed by atoms with Gasteiger partial charge in [-0.2, -0.15) is 13.2 Å². The van der Waals surface area contributed by atoms with Crippen molar-refractivity contribution in [3.63, 3.8) is 0 Å². The van der Waals surface area contributed by atoms with Crippen LogP contribution in [0.4, 0.5) is 18.9 Å². The third kappa shape index (κ3) is 8.73. The monoisotopic (exact) mass is 504 g/mol. The van der Waals surface area contributed by atoms with Gasteiger partial charge in [-0.25, -0.2) is 0 Å². The average molecular weight is 505 g/mol. The Hall–Kier alpha value is -2.74. The van der Waals surface area contributed by atoms with Gasteiger partial charge < -0.3 is 20.3 Å². The van der Waals surface area contributed by atoms with Crippen molar-refractivity contribution in [3.8, 4) is 5.75 Å². The second-order valence-corrected chi connectivity index (χ2v) is 10.5. The van der Waals surface area contributed by atoms with E-state index in [1.165, 1.54) is 5.56 Å². The molecule has 3 N–H and O–H groups in total. The molecule has 3 rings (SSSR count). The topological polar surface area (TPSA) is 65.6 Å². The van der Waals surface area contributed by atoms with Gasteiger partial charge in [-0.1, -0.05) is 44.2 Å². The van der Waals surface area contributed by atoms with Gasteiger partial charge in [0, 0.05) is 31.7 Å². The molecule has 1 heterocycles. The first-order valence-corrected chi connectivity index (χ1v) is 12.7. The van der Waals surface area contributed by atoms with E-state index in [9.17, 15) is 13.2 Å². The number of nitrogens with zero attached hydrogens (tertiary/aromatic N) is 2. The summed E-state index contributed by atoms with van der Waals surface area (Å²) in [5, 5.41) is 9.04. The number of benzene rings is 2. The van der Waals surface area contributed by atoms with Gasteiger partial charge in [-0.15, -0.1) is 0 Å². The summed E-state index contributed by atoms with van der Waals surface area (Å²) >= 11 is 0. The summed E-state index contributed by atoms with van der Waals surface area (Å²) in [4.78, 5) is 4.12. The maximum absolute atomic E-state index is 12.3. The second kappa shape index (κ2) is 12.5. The third-order valence-electron chi connectivity index (χ3n) is 6.70. The molecule has 0 atom stereocenters. The summed E-state index contributed by atoms with van der Waals surface area (Å²) in [5.41, 5.74) is 8.01. The van der Waals surface area contributed by atoms with E-state index in [-0.39, 0.29) is 18.4 Å². The number of ether oxygens (including phenoxy) is 1. The molecular formula is C28H39F3N4O. The number of alkyl halides is 3. The van der Waals surface area contributed by atoms with E-state index in [1.54, 1.807) is 12.1 Å². The van der Waals surface area contributed by atoms with Crippen molar-refractivity contribution in [3.05, 3.63) is 60.2 Å². The van der Waals surface area contributed by atoms with E-state index in [4.69, 9.17) is 15.9 Å². The number of halogens is 3. The predicted octanol–water partition coefficient (Wildman–Crippen LogP) is 6.09. The van der Waals surface area contributed by atoms with Crippen LogP contribution in [0, 0.1) is 16.7 Å². The van der Waals surface area contributed by atoms with E-state index in [1.807, 2.05) is 23.1 Å². The van der Waals surface area contributed by atoms with E-state index < -0.39 is 12.6 Å². The summed E-state index contributed by atoms with van der Waals surface area (Å²) in [5.74, 6) is 1.58. The first-order chi connectivity index (χ1) is 17.1. The third-order valence-corrected chi connectivity index (χ3v) is 6.70. The van der Waals surface area contributed by atoms with E-state index >= 15 is 0 Å². The number of anilines is 1. The summed E-state index contributed by atoms with van der Waals surface area (Å²) in [6.07, 6.45) is -1.96. The first-order valence-electron chi connectivity index (χ1n) is 12.7. The summed E-state index contributed by atoms with van der Waals surface area (Å²) < 4.78 is 42.5. The molecule has 1 fully saturated rings. The molecular weight excluding hydrogens is 465 g/mol. The van der Waals surface area contributed by atoms with Crippen LogP contribution in [0.25, 0.3) is 0 Å². The van der Waals surface area contributed by atoms with Gasteiger partial charge in [-0.3, -0.25) is 5.41 Å². The quantitative estimate of drug-likeness (QED) is 0.234. The number of likely N-dealkylation sites (tertiary alicyclic amines) is 1. The lowest BCUT2D eigenvalue weighted by atomic mass is 9.90. The van der Waals surface area contributed by atoms with Gasteiger partial charge in [0.2, 0.25) is 0 Å². The number of hydrogen-bond donors (Lipinski definition) is 2. The minimum absolute atomic E-state index is 0.0104. The molecule has 8 heteroatoms. The van der Waals surface area contributed by atoms with Crippen molar-refractivity contribution in [1.82, 2.24) is 4.90 Å². The number of nitrogens with one attached hydrogen (secondary N) is 1. The number of rotatable bonds is 10. The van der Waals surface area contributed by atoms with Crippen LogP contribution in [0.1, 0.15) is 45.1 Å². The van der Waals surface area contributed by atoms with Crippen molar-refractivity contribution < 1.29 is 17.9 Å².